The largest absolute Gasteiger partial charge is 0.463 e. The number of nitrogens with zero attached hydrogens (tertiary/aromatic N) is 3. The van der Waals surface area contributed by atoms with Gasteiger partial charge in [0.05, 0.1) is 10.6 Å². The molecule has 1 aromatic rings. The molecule has 1 aliphatic rings. The Balaban J connectivity index is 2.46. The number of hydrogen-bond donors (Lipinski definition) is 0. The summed E-state index contributed by atoms with van der Waals surface area (Å²) in [5.41, 5.74) is 6.85. The summed E-state index contributed by atoms with van der Waals surface area (Å²) in [6, 6.07) is 1.65. The van der Waals surface area contributed by atoms with Gasteiger partial charge in [0.15, 0.2) is 0 Å². The van der Waals surface area contributed by atoms with Crippen LogP contribution in [0.2, 0.25) is 5.02 Å². The fourth-order valence-corrected chi connectivity index (χ4v) is 4.60. The second-order valence-electron chi connectivity index (χ2n) is 6.95. The fraction of sp³-hybridized carbons (Fsp3) is 0.526. The maximum atomic E-state index is 13.0. The van der Waals surface area contributed by atoms with Crippen LogP contribution in [0.1, 0.15) is 26.3 Å². The van der Waals surface area contributed by atoms with E-state index in [2.05, 4.69) is 10.0 Å². The van der Waals surface area contributed by atoms with Crippen LogP contribution in [0.4, 0.5) is 13.2 Å². The zero-order valence-corrected chi connectivity index (χ0v) is 19.5. The summed E-state index contributed by atoms with van der Waals surface area (Å²) in [4.78, 5) is 37.6. The average molecular weight is 526 g/mol. The molecular weight excluding hydrogens is 507 g/mol. The topological polar surface area (TPSA) is 137 Å². The van der Waals surface area contributed by atoms with Crippen LogP contribution in [-0.2, 0) is 39.5 Å². The van der Waals surface area contributed by atoms with E-state index in [0.717, 1.165) is 50.7 Å². The van der Waals surface area contributed by atoms with Crippen molar-refractivity contribution in [1.82, 2.24) is 0 Å². The molecule has 186 valence electrons. The number of thioether (sulfide) groups is 1. The van der Waals surface area contributed by atoms with Crippen molar-refractivity contribution < 1.29 is 46.5 Å². The maximum absolute atomic E-state index is 13.0. The Hall–Kier alpha value is -2.67. The highest BCUT2D eigenvalue weighted by atomic mass is 35.5. The molecule has 15 heteroatoms. The Morgan fingerprint density at radius 1 is 1.15 bits per heavy atom. The first-order valence-corrected chi connectivity index (χ1v) is 10.8. The maximum Gasteiger partial charge on any atom is 0.417 e. The zero-order valence-electron chi connectivity index (χ0n) is 17.9. The van der Waals surface area contributed by atoms with E-state index in [1.54, 1.807) is 0 Å². The third kappa shape index (κ3) is 7.42. The van der Waals surface area contributed by atoms with Crippen molar-refractivity contribution in [2.45, 2.75) is 61.6 Å². The van der Waals surface area contributed by atoms with Crippen molar-refractivity contribution in [2.24, 2.45) is 5.11 Å². The van der Waals surface area contributed by atoms with Crippen LogP contribution in [-0.4, -0.2) is 54.3 Å². The number of halogens is 4. The second kappa shape index (κ2) is 11.6. The van der Waals surface area contributed by atoms with Gasteiger partial charge in [0.2, 0.25) is 0 Å². The normalized spacial score (nSPS) is 24.5. The minimum absolute atomic E-state index is 0.206. The summed E-state index contributed by atoms with van der Waals surface area (Å²) in [7, 11) is 0. The Morgan fingerprint density at radius 2 is 1.76 bits per heavy atom. The monoisotopic (exact) mass is 525 g/mol. The standard InChI is InChI=1S/C19H19ClF3N3O7S/c1-8(27)30-7-14-16(31-9(2)28)15(25-26-24)17(32-10(3)29)18(33-14)34-11-4-5-12(13(20)6-11)19(21,22)23/h4-6,14-18H,7H2,1-3H3/t14?,15-,16-,17?,18+/m0/s1. The molecule has 0 bridgehead atoms. The number of benzene rings is 1. The van der Waals surface area contributed by atoms with E-state index in [1.165, 1.54) is 0 Å². The molecule has 1 aromatic carbocycles. The van der Waals surface area contributed by atoms with Gasteiger partial charge >= 0.3 is 24.1 Å². The minimum Gasteiger partial charge on any atom is -0.463 e. The van der Waals surface area contributed by atoms with Crippen LogP contribution >= 0.6 is 23.4 Å². The lowest BCUT2D eigenvalue weighted by atomic mass is 9.97. The highest BCUT2D eigenvalue weighted by Gasteiger charge is 2.50. The van der Waals surface area contributed by atoms with Gasteiger partial charge in [0.25, 0.3) is 0 Å². The molecular formula is C19H19ClF3N3O7S. The fourth-order valence-electron chi connectivity index (χ4n) is 3.10. The summed E-state index contributed by atoms with van der Waals surface area (Å²) in [5, 5.41) is 3.03. The Morgan fingerprint density at radius 3 is 2.26 bits per heavy atom. The van der Waals surface area contributed by atoms with Gasteiger partial charge in [-0.05, 0) is 23.7 Å². The molecule has 0 N–H and O–H groups in total. The lowest BCUT2D eigenvalue weighted by Gasteiger charge is -2.43. The third-order valence-corrected chi connectivity index (χ3v) is 5.81. The molecule has 0 radical (unpaired) electrons. The molecule has 1 saturated heterocycles. The molecule has 1 heterocycles. The van der Waals surface area contributed by atoms with Gasteiger partial charge in [-0.1, -0.05) is 28.5 Å². The van der Waals surface area contributed by atoms with E-state index in [1.807, 2.05) is 0 Å². The van der Waals surface area contributed by atoms with Crippen molar-refractivity contribution in [3.63, 3.8) is 0 Å². The average Bonchev–Trinajstić information content (AvgIpc) is 2.69. The van der Waals surface area contributed by atoms with Crippen molar-refractivity contribution in [1.29, 1.82) is 0 Å². The van der Waals surface area contributed by atoms with E-state index in [4.69, 9.17) is 36.1 Å². The van der Waals surface area contributed by atoms with Crippen LogP contribution in [0.15, 0.2) is 28.2 Å². The lowest BCUT2D eigenvalue weighted by Crippen LogP contribution is -2.59. The first-order chi connectivity index (χ1) is 15.8. The molecule has 1 fully saturated rings. The summed E-state index contributed by atoms with van der Waals surface area (Å²) in [6.07, 6.45) is -8.44. The van der Waals surface area contributed by atoms with E-state index >= 15 is 0 Å². The number of azide groups is 1. The van der Waals surface area contributed by atoms with E-state index < -0.39 is 71.1 Å². The van der Waals surface area contributed by atoms with Gasteiger partial charge in [-0.3, -0.25) is 14.4 Å². The summed E-state index contributed by atoms with van der Waals surface area (Å²) in [6.45, 7) is 2.88. The van der Waals surface area contributed by atoms with E-state index in [9.17, 15) is 27.6 Å². The molecule has 2 rings (SSSR count). The van der Waals surface area contributed by atoms with Crippen LogP contribution in [0.25, 0.3) is 10.4 Å². The van der Waals surface area contributed by atoms with Crippen LogP contribution in [0.3, 0.4) is 0 Å². The molecule has 2 unspecified atom stereocenters. The van der Waals surface area contributed by atoms with Gasteiger partial charge in [-0.25, -0.2) is 0 Å². The van der Waals surface area contributed by atoms with Crippen LogP contribution in [0.5, 0.6) is 0 Å². The van der Waals surface area contributed by atoms with Gasteiger partial charge in [0.1, 0.15) is 36.4 Å². The number of carbonyl (C=O) groups is 3. The van der Waals surface area contributed by atoms with E-state index in [-0.39, 0.29) is 4.90 Å². The molecule has 0 saturated carbocycles. The van der Waals surface area contributed by atoms with Crippen molar-refractivity contribution in [3.8, 4) is 0 Å². The predicted octanol–water partition coefficient (Wildman–Crippen LogP) is 4.28. The molecule has 0 spiro atoms. The SMILES string of the molecule is CC(=O)OCC1O[C@H](Sc2ccc(C(F)(F)F)c(Cl)c2)C(OC(C)=O)[C@@H](N=[N+]=[N-])[C@H]1OC(C)=O. The number of esters is 3. The molecule has 0 aliphatic carbocycles. The number of hydrogen-bond acceptors (Lipinski definition) is 9. The number of rotatable bonds is 7. The smallest absolute Gasteiger partial charge is 0.417 e. The highest BCUT2D eigenvalue weighted by molar-refractivity contribution is 7.99. The molecule has 5 atom stereocenters. The van der Waals surface area contributed by atoms with Gasteiger partial charge in [-0.2, -0.15) is 13.2 Å². The first kappa shape index (κ1) is 27.6. The van der Waals surface area contributed by atoms with Crippen molar-refractivity contribution >= 4 is 41.3 Å². The molecule has 10 nitrogen and oxygen atoms in total. The summed E-state index contributed by atoms with van der Waals surface area (Å²) in [5.74, 6) is -2.24. The Kier molecular flexibility index (Phi) is 9.45. The van der Waals surface area contributed by atoms with Crippen LogP contribution < -0.4 is 0 Å². The molecule has 34 heavy (non-hydrogen) atoms. The third-order valence-electron chi connectivity index (χ3n) is 4.35. The van der Waals surface area contributed by atoms with Gasteiger partial charge < -0.3 is 18.9 Å². The minimum atomic E-state index is -4.67. The van der Waals surface area contributed by atoms with Gasteiger partial charge in [0, 0.05) is 30.6 Å². The van der Waals surface area contributed by atoms with Crippen molar-refractivity contribution in [2.75, 3.05) is 6.61 Å². The lowest BCUT2D eigenvalue weighted by molar-refractivity contribution is -0.201. The highest BCUT2D eigenvalue weighted by Crippen LogP contribution is 2.41. The Labute approximate surface area is 200 Å². The van der Waals surface area contributed by atoms with Crippen LogP contribution in [0, 0.1) is 0 Å². The number of alkyl halides is 3. The number of carbonyl (C=O) groups excluding carboxylic acids is 3. The van der Waals surface area contributed by atoms with Gasteiger partial charge in [-0.15, -0.1) is 0 Å². The summed E-state index contributed by atoms with van der Waals surface area (Å²) >= 11 is 6.60. The quantitative estimate of drug-likeness (QED) is 0.169. The second-order valence-corrected chi connectivity index (χ2v) is 8.53. The Bertz CT molecular complexity index is 990. The zero-order chi connectivity index (χ0) is 25.6. The summed E-state index contributed by atoms with van der Waals surface area (Å²) < 4.78 is 60.4. The number of ether oxygens (including phenoxy) is 4. The molecule has 1 aliphatic heterocycles. The predicted molar refractivity (Wildman–Crippen MR) is 112 cm³/mol. The van der Waals surface area contributed by atoms with E-state index in [0.29, 0.717) is 0 Å². The molecule has 0 amide bonds. The van der Waals surface area contributed by atoms with Crippen molar-refractivity contribution in [3.05, 3.63) is 39.2 Å². The molecule has 0 aromatic heterocycles. The first-order valence-electron chi connectivity index (χ1n) is 9.54.